The first-order valence-corrected chi connectivity index (χ1v) is 6.87. The number of rotatable bonds is 1. The molecule has 1 heterocycles. The van der Waals surface area contributed by atoms with Crippen LogP contribution in [0.3, 0.4) is 0 Å². The second-order valence-corrected chi connectivity index (χ2v) is 6.12. The molecule has 0 aromatic rings. The van der Waals surface area contributed by atoms with Gasteiger partial charge in [-0.2, -0.15) is 0 Å². The van der Waals surface area contributed by atoms with Gasteiger partial charge in [-0.15, -0.1) is 0 Å². The van der Waals surface area contributed by atoms with Gasteiger partial charge >= 0.3 is 0 Å². The van der Waals surface area contributed by atoms with Crippen molar-refractivity contribution in [2.24, 2.45) is 23.7 Å². The Kier molecular flexibility index (Phi) is 3.71. The van der Waals surface area contributed by atoms with Crippen LogP contribution in [0.15, 0.2) is 0 Å². The van der Waals surface area contributed by atoms with E-state index < -0.39 is 0 Å². The van der Waals surface area contributed by atoms with Gasteiger partial charge in [-0.25, -0.2) is 0 Å². The van der Waals surface area contributed by atoms with Crippen molar-refractivity contribution < 1.29 is 0 Å². The first-order valence-electron chi connectivity index (χ1n) is 6.87. The summed E-state index contributed by atoms with van der Waals surface area (Å²) in [4.78, 5) is 2.55. The molecule has 0 bridgehead atoms. The van der Waals surface area contributed by atoms with Crippen LogP contribution in [0.5, 0.6) is 0 Å². The largest absolute Gasteiger partial charge is 0.306 e. The fourth-order valence-corrected chi connectivity index (χ4v) is 3.81. The average Bonchev–Trinajstić information content (AvgIpc) is 2.23. The lowest BCUT2D eigenvalue weighted by Crippen LogP contribution is -2.42. The monoisotopic (exact) mass is 209 g/mol. The summed E-state index contributed by atoms with van der Waals surface area (Å²) >= 11 is 0. The van der Waals surface area contributed by atoms with E-state index in [0.717, 1.165) is 23.7 Å². The second-order valence-electron chi connectivity index (χ2n) is 6.12. The van der Waals surface area contributed by atoms with Gasteiger partial charge in [0.15, 0.2) is 0 Å². The number of hydrogen-bond donors (Lipinski definition) is 0. The average molecular weight is 209 g/mol. The maximum atomic E-state index is 2.55. The Balaban J connectivity index is 1.99. The van der Waals surface area contributed by atoms with Gasteiger partial charge in [0.2, 0.25) is 0 Å². The van der Waals surface area contributed by atoms with E-state index in [2.05, 4.69) is 25.8 Å². The normalized spacial score (nSPS) is 44.2. The summed E-state index contributed by atoms with van der Waals surface area (Å²) in [5.74, 6) is 3.96. The van der Waals surface area contributed by atoms with Crippen LogP contribution in [0, 0.1) is 23.7 Å². The Labute approximate surface area is 95.2 Å². The third-order valence-corrected chi connectivity index (χ3v) is 4.95. The summed E-state index contributed by atoms with van der Waals surface area (Å²) in [7, 11) is 2.30. The maximum Gasteiger partial charge on any atom is 0.00119 e. The molecule has 1 saturated carbocycles. The molecule has 1 saturated heterocycles. The molecule has 1 heteroatoms. The highest BCUT2D eigenvalue weighted by atomic mass is 15.1. The van der Waals surface area contributed by atoms with Crippen molar-refractivity contribution in [1.82, 2.24) is 4.90 Å². The van der Waals surface area contributed by atoms with Crippen LogP contribution in [0.25, 0.3) is 0 Å². The second kappa shape index (κ2) is 4.86. The summed E-state index contributed by atoms with van der Waals surface area (Å²) in [6.45, 7) is 7.65. The zero-order chi connectivity index (χ0) is 10.8. The van der Waals surface area contributed by atoms with E-state index in [1.54, 1.807) is 0 Å². The fourth-order valence-electron chi connectivity index (χ4n) is 3.81. The molecular weight excluding hydrogens is 182 g/mol. The lowest BCUT2D eigenvalue weighted by molar-refractivity contribution is 0.0589. The topological polar surface area (TPSA) is 3.24 Å². The molecule has 1 aliphatic heterocycles. The van der Waals surface area contributed by atoms with Gasteiger partial charge in [0, 0.05) is 6.54 Å². The molecule has 0 radical (unpaired) electrons. The van der Waals surface area contributed by atoms with Crippen molar-refractivity contribution in [2.45, 2.75) is 46.0 Å². The van der Waals surface area contributed by atoms with E-state index in [9.17, 15) is 0 Å². The summed E-state index contributed by atoms with van der Waals surface area (Å²) in [6.07, 6.45) is 7.38. The molecule has 0 aromatic heterocycles. The minimum Gasteiger partial charge on any atom is -0.306 e. The Hall–Kier alpha value is -0.0400. The Morgan fingerprint density at radius 1 is 0.867 bits per heavy atom. The standard InChI is InChI=1S/C14H27N/c1-11-6-4-5-7-13(11)14-10-15(3)9-8-12(14)2/h11-14H,4-10H2,1-3H3. The van der Waals surface area contributed by atoms with Gasteiger partial charge in [0.1, 0.15) is 0 Å². The van der Waals surface area contributed by atoms with E-state index in [4.69, 9.17) is 0 Å². The predicted octanol–water partition coefficient (Wildman–Crippen LogP) is 3.40. The van der Waals surface area contributed by atoms with Crippen molar-refractivity contribution in [3.8, 4) is 0 Å². The molecule has 2 aliphatic rings. The molecule has 0 amide bonds. The summed E-state index contributed by atoms with van der Waals surface area (Å²) in [5, 5.41) is 0. The van der Waals surface area contributed by atoms with E-state index in [1.165, 1.54) is 45.2 Å². The van der Waals surface area contributed by atoms with Gasteiger partial charge in [0.25, 0.3) is 0 Å². The van der Waals surface area contributed by atoms with Crippen LogP contribution in [-0.4, -0.2) is 25.0 Å². The van der Waals surface area contributed by atoms with Crippen LogP contribution in [-0.2, 0) is 0 Å². The van der Waals surface area contributed by atoms with Crippen molar-refractivity contribution in [3.63, 3.8) is 0 Å². The maximum absolute atomic E-state index is 2.55. The molecule has 4 atom stereocenters. The highest BCUT2D eigenvalue weighted by Crippen LogP contribution is 2.40. The van der Waals surface area contributed by atoms with E-state index >= 15 is 0 Å². The number of likely N-dealkylation sites (tertiary alicyclic amines) is 1. The van der Waals surface area contributed by atoms with E-state index in [-0.39, 0.29) is 0 Å². The molecule has 15 heavy (non-hydrogen) atoms. The van der Waals surface area contributed by atoms with Gasteiger partial charge in [-0.05, 0) is 50.1 Å². The molecule has 4 unspecified atom stereocenters. The molecule has 0 aromatic carbocycles. The summed E-state index contributed by atoms with van der Waals surface area (Å²) in [6, 6.07) is 0. The van der Waals surface area contributed by atoms with Crippen molar-refractivity contribution in [2.75, 3.05) is 20.1 Å². The van der Waals surface area contributed by atoms with E-state index in [1.807, 2.05) is 0 Å². The number of piperidine rings is 1. The van der Waals surface area contributed by atoms with Crippen LogP contribution in [0.4, 0.5) is 0 Å². The van der Waals surface area contributed by atoms with Gasteiger partial charge in [-0.3, -0.25) is 0 Å². The van der Waals surface area contributed by atoms with Crippen LogP contribution >= 0.6 is 0 Å². The zero-order valence-corrected chi connectivity index (χ0v) is 10.7. The van der Waals surface area contributed by atoms with Gasteiger partial charge in [0.05, 0.1) is 0 Å². The molecule has 0 N–H and O–H groups in total. The van der Waals surface area contributed by atoms with Gasteiger partial charge in [-0.1, -0.05) is 33.1 Å². The molecule has 0 spiro atoms. The Bertz CT molecular complexity index is 202. The summed E-state index contributed by atoms with van der Waals surface area (Å²) < 4.78 is 0. The lowest BCUT2D eigenvalue weighted by Gasteiger charge is -2.43. The Morgan fingerprint density at radius 2 is 1.53 bits per heavy atom. The SMILES string of the molecule is CC1CCCCC1C1CN(C)CCC1C. The fraction of sp³-hybridized carbons (Fsp3) is 1.00. The molecular formula is C14H27N. The highest BCUT2D eigenvalue weighted by molar-refractivity contribution is 4.86. The number of hydrogen-bond acceptors (Lipinski definition) is 1. The first kappa shape index (κ1) is 11.4. The van der Waals surface area contributed by atoms with Crippen LogP contribution in [0.1, 0.15) is 46.0 Å². The van der Waals surface area contributed by atoms with E-state index in [0.29, 0.717) is 0 Å². The quantitative estimate of drug-likeness (QED) is 0.640. The van der Waals surface area contributed by atoms with Crippen LogP contribution < -0.4 is 0 Å². The molecule has 1 nitrogen and oxygen atoms in total. The van der Waals surface area contributed by atoms with Crippen molar-refractivity contribution in [1.29, 1.82) is 0 Å². The third kappa shape index (κ3) is 2.55. The molecule has 2 rings (SSSR count). The smallest absolute Gasteiger partial charge is 0.00119 e. The highest BCUT2D eigenvalue weighted by Gasteiger charge is 2.34. The predicted molar refractivity (Wildman–Crippen MR) is 65.9 cm³/mol. The minimum absolute atomic E-state index is 0.965. The number of nitrogens with zero attached hydrogens (tertiary/aromatic N) is 1. The lowest BCUT2D eigenvalue weighted by atomic mass is 9.67. The molecule has 88 valence electrons. The first-order chi connectivity index (χ1) is 7.18. The summed E-state index contributed by atoms with van der Waals surface area (Å²) in [5.41, 5.74) is 0. The van der Waals surface area contributed by atoms with Crippen LogP contribution in [0.2, 0.25) is 0 Å². The zero-order valence-electron chi connectivity index (χ0n) is 10.7. The van der Waals surface area contributed by atoms with Crippen molar-refractivity contribution >= 4 is 0 Å². The Morgan fingerprint density at radius 3 is 2.27 bits per heavy atom. The molecule has 1 aliphatic carbocycles. The molecule has 2 fully saturated rings. The minimum atomic E-state index is 0.965. The third-order valence-electron chi connectivity index (χ3n) is 4.95. The van der Waals surface area contributed by atoms with Crippen molar-refractivity contribution in [3.05, 3.63) is 0 Å². The van der Waals surface area contributed by atoms with Gasteiger partial charge < -0.3 is 4.90 Å².